The largest absolute Gasteiger partial charge is 0.300 e. The van der Waals surface area contributed by atoms with E-state index < -0.39 is 0 Å². The van der Waals surface area contributed by atoms with Gasteiger partial charge in [0.25, 0.3) is 0 Å². The Balaban J connectivity index is 2.89. The first-order valence-electron chi connectivity index (χ1n) is 3.88. The first kappa shape index (κ1) is 10.1. The molecule has 0 saturated heterocycles. The Hall–Kier alpha value is -0.960. The monoisotopic (exact) mass is 240 g/mol. The molecule has 0 aromatic heterocycles. The van der Waals surface area contributed by atoms with Gasteiger partial charge in [-0.15, -0.1) is 0 Å². The Morgan fingerprint density at radius 2 is 1.92 bits per heavy atom. The second-order valence-electron chi connectivity index (χ2n) is 2.78. The summed E-state index contributed by atoms with van der Waals surface area (Å²) in [5, 5.41) is 0. The molecule has 0 aliphatic carbocycles. The minimum atomic E-state index is -0.139. The normalized spacial score (nSPS) is 9.69. The Bertz CT molecular complexity index is 345. The number of carbonyl (C=O) groups excluding carboxylic acids is 2. The third-order valence-corrected chi connectivity index (χ3v) is 2.28. The molecular weight excluding hydrogens is 232 g/mol. The van der Waals surface area contributed by atoms with Crippen LogP contribution in [0.15, 0.2) is 28.7 Å². The van der Waals surface area contributed by atoms with E-state index in [4.69, 9.17) is 0 Å². The summed E-state index contributed by atoms with van der Waals surface area (Å²) in [6, 6.07) is 7.09. The van der Waals surface area contributed by atoms with Crippen LogP contribution in [0.2, 0.25) is 0 Å². The number of rotatable bonds is 3. The molecule has 2 nitrogen and oxygen atoms in total. The molecule has 0 radical (unpaired) electrons. The minimum Gasteiger partial charge on any atom is -0.300 e. The van der Waals surface area contributed by atoms with Gasteiger partial charge in [-0.3, -0.25) is 9.59 Å². The highest BCUT2D eigenvalue weighted by molar-refractivity contribution is 9.10. The average Bonchev–Trinajstić information content (AvgIpc) is 2.03. The summed E-state index contributed by atoms with van der Waals surface area (Å²) < 4.78 is 0.737. The van der Waals surface area contributed by atoms with Crippen molar-refractivity contribution in [2.45, 2.75) is 13.3 Å². The van der Waals surface area contributed by atoms with E-state index in [0.717, 1.165) is 4.47 Å². The van der Waals surface area contributed by atoms with Crippen LogP contribution in [-0.2, 0) is 4.79 Å². The predicted octanol–water partition coefficient (Wildman–Crippen LogP) is 2.61. The van der Waals surface area contributed by atoms with E-state index in [0.29, 0.717) is 5.56 Å². The summed E-state index contributed by atoms with van der Waals surface area (Å²) in [6.07, 6.45) is -0.0252. The number of benzene rings is 1. The second kappa shape index (κ2) is 4.33. The highest BCUT2D eigenvalue weighted by Crippen LogP contribution is 2.17. The molecule has 0 amide bonds. The third-order valence-electron chi connectivity index (χ3n) is 1.58. The smallest absolute Gasteiger partial charge is 0.171 e. The lowest BCUT2D eigenvalue weighted by Crippen LogP contribution is -2.05. The fraction of sp³-hybridized carbons (Fsp3) is 0.200. The minimum absolute atomic E-state index is 0.0252. The Kier molecular flexibility index (Phi) is 3.37. The van der Waals surface area contributed by atoms with Gasteiger partial charge in [-0.05, 0) is 13.0 Å². The highest BCUT2D eigenvalue weighted by atomic mass is 79.9. The van der Waals surface area contributed by atoms with Gasteiger partial charge in [0, 0.05) is 10.0 Å². The van der Waals surface area contributed by atoms with Crippen LogP contribution in [0.3, 0.4) is 0 Å². The molecular formula is C10H9BrO2. The zero-order valence-electron chi connectivity index (χ0n) is 7.21. The number of halogens is 1. The zero-order valence-corrected chi connectivity index (χ0v) is 8.80. The summed E-state index contributed by atoms with van der Waals surface area (Å²) in [6.45, 7) is 1.41. The van der Waals surface area contributed by atoms with Crippen molar-refractivity contribution in [3.05, 3.63) is 34.3 Å². The van der Waals surface area contributed by atoms with Gasteiger partial charge in [-0.1, -0.05) is 34.1 Å². The molecule has 0 aliphatic rings. The van der Waals surface area contributed by atoms with Gasteiger partial charge in [-0.2, -0.15) is 0 Å². The number of Topliss-reactive ketones (excluding diaryl/α,β-unsaturated/α-hetero) is 2. The van der Waals surface area contributed by atoms with Crippen molar-refractivity contribution in [1.29, 1.82) is 0 Å². The summed E-state index contributed by atoms with van der Waals surface area (Å²) >= 11 is 3.25. The quantitative estimate of drug-likeness (QED) is 0.602. The number of ketones is 2. The lowest BCUT2D eigenvalue weighted by atomic mass is 10.1. The van der Waals surface area contributed by atoms with Gasteiger partial charge in [0.05, 0.1) is 6.42 Å². The van der Waals surface area contributed by atoms with Crippen LogP contribution in [-0.4, -0.2) is 11.6 Å². The van der Waals surface area contributed by atoms with Crippen LogP contribution in [0.4, 0.5) is 0 Å². The van der Waals surface area contributed by atoms with Gasteiger partial charge in [0.15, 0.2) is 5.78 Å². The molecule has 0 atom stereocenters. The van der Waals surface area contributed by atoms with E-state index in [1.165, 1.54) is 6.92 Å². The van der Waals surface area contributed by atoms with Gasteiger partial charge in [0.1, 0.15) is 5.78 Å². The van der Waals surface area contributed by atoms with Crippen LogP contribution in [0.5, 0.6) is 0 Å². The molecule has 1 aromatic carbocycles. The fourth-order valence-corrected chi connectivity index (χ4v) is 1.51. The molecule has 0 heterocycles. The fourth-order valence-electron chi connectivity index (χ4n) is 1.01. The summed E-state index contributed by atoms with van der Waals surface area (Å²) in [7, 11) is 0. The molecule has 1 rings (SSSR count). The Morgan fingerprint density at radius 3 is 2.46 bits per heavy atom. The van der Waals surface area contributed by atoms with Crippen LogP contribution >= 0.6 is 15.9 Å². The molecule has 0 fully saturated rings. The first-order valence-corrected chi connectivity index (χ1v) is 4.67. The van der Waals surface area contributed by atoms with Crippen molar-refractivity contribution in [3.8, 4) is 0 Å². The third kappa shape index (κ3) is 2.77. The molecule has 0 aliphatic heterocycles. The van der Waals surface area contributed by atoms with Gasteiger partial charge < -0.3 is 0 Å². The number of hydrogen-bond donors (Lipinski definition) is 0. The molecule has 1 aromatic rings. The van der Waals surface area contributed by atoms with Gasteiger partial charge in [-0.25, -0.2) is 0 Å². The lowest BCUT2D eigenvalue weighted by molar-refractivity contribution is -0.116. The molecule has 3 heteroatoms. The molecule has 0 N–H and O–H groups in total. The molecule has 68 valence electrons. The van der Waals surface area contributed by atoms with Gasteiger partial charge >= 0.3 is 0 Å². The predicted molar refractivity (Wildman–Crippen MR) is 53.8 cm³/mol. The summed E-state index contributed by atoms with van der Waals surface area (Å²) in [4.78, 5) is 22.1. The van der Waals surface area contributed by atoms with E-state index in [1.807, 2.05) is 6.07 Å². The SMILES string of the molecule is CC(=O)CC(=O)c1ccccc1Br. The number of hydrogen-bond acceptors (Lipinski definition) is 2. The lowest BCUT2D eigenvalue weighted by Gasteiger charge is -2.00. The van der Waals surface area contributed by atoms with E-state index >= 15 is 0 Å². The topological polar surface area (TPSA) is 34.1 Å². The Morgan fingerprint density at radius 1 is 1.31 bits per heavy atom. The van der Waals surface area contributed by atoms with Crippen molar-refractivity contribution in [2.75, 3.05) is 0 Å². The van der Waals surface area contributed by atoms with Crippen molar-refractivity contribution in [3.63, 3.8) is 0 Å². The molecule has 13 heavy (non-hydrogen) atoms. The molecule has 0 bridgehead atoms. The highest BCUT2D eigenvalue weighted by Gasteiger charge is 2.10. The molecule has 0 spiro atoms. The standard InChI is InChI=1S/C10H9BrO2/c1-7(12)6-10(13)8-4-2-3-5-9(8)11/h2-5H,6H2,1H3. The molecule has 0 saturated carbocycles. The van der Waals surface area contributed by atoms with Crippen LogP contribution in [0, 0.1) is 0 Å². The maximum atomic E-state index is 11.4. The number of carbonyl (C=O) groups is 2. The van der Waals surface area contributed by atoms with Gasteiger partial charge in [0.2, 0.25) is 0 Å². The summed E-state index contributed by atoms with van der Waals surface area (Å²) in [5.41, 5.74) is 0.567. The van der Waals surface area contributed by atoms with Crippen molar-refractivity contribution < 1.29 is 9.59 Å². The van der Waals surface area contributed by atoms with Crippen LogP contribution in [0.1, 0.15) is 23.7 Å². The van der Waals surface area contributed by atoms with Crippen molar-refractivity contribution in [1.82, 2.24) is 0 Å². The Labute approximate surface area is 85.1 Å². The van der Waals surface area contributed by atoms with Crippen molar-refractivity contribution >= 4 is 27.5 Å². The average molecular weight is 241 g/mol. The van der Waals surface area contributed by atoms with E-state index in [2.05, 4.69) is 15.9 Å². The van der Waals surface area contributed by atoms with Crippen molar-refractivity contribution in [2.24, 2.45) is 0 Å². The van der Waals surface area contributed by atoms with Crippen LogP contribution < -0.4 is 0 Å². The van der Waals surface area contributed by atoms with E-state index in [1.54, 1.807) is 18.2 Å². The van der Waals surface area contributed by atoms with Crippen LogP contribution in [0.25, 0.3) is 0 Å². The van der Waals surface area contributed by atoms with E-state index in [9.17, 15) is 9.59 Å². The first-order chi connectivity index (χ1) is 6.11. The maximum absolute atomic E-state index is 11.4. The zero-order chi connectivity index (χ0) is 9.84. The summed E-state index contributed by atoms with van der Waals surface area (Å²) in [5.74, 6) is -0.249. The second-order valence-corrected chi connectivity index (χ2v) is 3.64. The van der Waals surface area contributed by atoms with E-state index in [-0.39, 0.29) is 18.0 Å². The molecule has 0 unspecified atom stereocenters. The maximum Gasteiger partial charge on any atom is 0.171 e.